The molecule has 244 valence electrons. The number of anilines is 3. The van der Waals surface area contributed by atoms with E-state index in [4.69, 9.17) is 9.47 Å². The first-order valence-electron chi connectivity index (χ1n) is 14.7. The third kappa shape index (κ3) is 7.66. The molecule has 0 saturated carbocycles. The van der Waals surface area contributed by atoms with Crippen LogP contribution < -0.4 is 20.3 Å². The second-order valence-electron chi connectivity index (χ2n) is 11.1. The van der Waals surface area contributed by atoms with Crippen LogP contribution in [0.4, 0.5) is 17.1 Å². The summed E-state index contributed by atoms with van der Waals surface area (Å²) in [5, 5.41) is 45.8. The third-order valence-corrected chi connectivity index (χ3v) is 8.41. The maximum absolute atomic E-state index is 13.6. The molecule has 3 aromatic carbocycles. The van der Waals surface area contributed by atoms with E-state index in [9.17, 15) is 34.8 Å². The lowest BCUT2D eigenvalue weighted by molar-refractivity contribution is -0.271. The summed E-state index contributed by atoms with van der Waals surface area (Å²) in [5.41, 5.74) is 1.63. The van der Waals surface area contributed by atoms with Crippen molar-refractivity contribution in [3.8, 4) is 5.75 Å². The zero-order chi connectivity index (χ0) is 33.0. The summed E-state index contributed by atoms with van der Waals surface area (Å²) in [6.07, 6.45) is -8.36. The van der Waals surface area contributed by atoms with E-state index in [2.05, 4.69) is 43.4 Å². The first-order chi connectivity index (χ1) is 22.0. The number of ether oxygens (including phenoxy) is 2. The Labute approximate surface area is 273 Å². The van der Waals surface area contributed by atoms with Crippen LogP contribution in [0.2, 0.25) is 0 Å². The molecule has 14 heteroatoms. The molecule has 0 aromatic heterocycles. The van der Waals surface area contributed by atoms with Gasteiger partial charge in [-0.1, -0.05) is 22.0 Å². The molecule has 6 N–H and O–H groups in total. The maximum atomic E-state index is 13.6. The number of carbonyl (C=O) groups is 3. The smallest absolute Gasteiger partial charge is 0.335 e. The average molecular weight is 700 g/mol. The predicted octanol–water partition coefficient (Wildman–Crippen LogP) is 2.37. The Hall–Kier alpha value is -4.05. The molecule has 13 nitrogen and oxygen atoms in total. The first-order valence-corrected chi connectivity index (χ1v) is 15.4. The number of para-hydroxylation sites is 1. The van der Waals surface area contributed by atoms with Crippen molar-refractivity contribution in [2.45, 2.75) is 37.1 Å². The molecular weight excluding hydrogens is 664 g/mol. The van der Waals surface area contributed by atoms with Gasteiger partial charge in [-0.15, -0.1) is 0 Å². The summed E-state index contributed by atoms with van der Waals surface area (Å²) in [7, 11) is 2.09. The molecule has 46 heavy (non-hydrogen) atoms. The van der Waals surface area contributed by atoms with E-state index in [1.165, 1.54) is 18.2 Å². The lowest BCUT2D eigenvalue weighted by Gasteiger charge is -2.38. The lowest BCUT2D eigenvalue weighted by Crippen LogP contribution is -2.61. The molecule has 5 rings (SSSR count). The second kappa shape index (κ2) is 14.6. The molecular formula is C32H35BrN4O9. The molecule has 0 spiro atoms. The third-order valence-electron chi connectivity index (χ3n) is 7.88. The van der Waals surface area contributed by atoms with E-state index in [1.807, 2.05) is 12.1 Å². The van der Waals surface area contributed by atoms with E-state index >= 15 is 0 Å². The van der Waals surface area contributed by atoms with Crippen LogP contribution in [0.15, 0.2) is 71.2 Å². The molecule has 0 bridgehead atoms. The van der Waals surface area contributed by atoms with E-state index in [1.54, 1.807) is 36.4 Å². The molecule has 2 amide bonds. The molecule has 5 atom stereocenters. The molecule has 2 aliphatic heterocycles. The van der Waals surface area contributed by atoms with Crippen molar-refractivity contribution in [1.29, 1.82) is 0 Å². The second-order valence-corrected chi connectivity index (χ2v) is 12.1. The van der Waals surface area contributed by atoms with E-state index in [0.29, 0.717) is 11.3 Å². The van der Waals surface area contributed by atoms with Crippen LogP contribution in [0.25, 0.3) is 0 Å². The number of nitrogens with one attached hydrogen (secondary N) is 2. The van der Waals surface area contributed by atoms with Crippen molar-refractivity contribution in [3.05, 3.63) is 82.3 Å². The van der Waals surface area contributed by atoms with Gasteiger partial charge in [-0.3, -0.25) is 9.59 Å². The molecule has 2 heterocycles. The van der Waals surface area contributed by atoms with Crippen LogP contribution in [0.1, 0.15) is 27.1 Å². The zero-order valence-corrected chi connectivity index (χ0v) is 26.5. The van der Waals surface area contributed by atoms with Gasteiger partial charge in [0.2, 0.25) is 6.29 Å². The highest BCUT2D eigenvalue weighted by atomic mass is 79.9. The number of carboxylic acids is 1. The van der Waals surface area contributed by atoms with Crippen LogP contribution >= 0.6 is 15.9 Å². The number of benzene rings is 3. The Balaban J connectivity index is 1.43. The predicted molar refractivity (Wildman–Crippen MR) is 172 cm³/mol. The van der Waals surface area contributed by atoms with Crippen molar-refractivity contribution >= 4 is 50.8 Å². The number of aliphatic hydroxyl groups is 3. The van der Waals surface area contributed by atoms with Crippen molar-refractivity contribution < 1.29 is 44.3 Å². The number of halogens is 1. The van der Waals surface area contributed by atoms with Gasteiger partial charge < -0.3 is 50.3 Å². The minimum Gasteiger partial charge on any atom is -0.479 e. The lowest BCUT2D eigenvalue weighted by atomic mass is 9.99. The fraction of sp³-hybridized carbons (Fsp3) is 0.344. The van der Waals surface area contributed by atoms with Gasteiger partial charge in [0.25, 0.3) is 11.8 Å². The number of rotatable bonds is 8. The zero-order valence-electron chi connectivity index (χ0n) is 24.9. The van der Waals surface area contributed by atoms with Gasteiger partial charge >= 0.3 is 5.97 Å². The minimum absolute atomic E-state index is 0.0141. The number of carbonyl (C=O) groups excluding carboxylic acids is 2. The van der Waals surface area contributed by atoms with Gasteiger partial charge in [-0.2, -0.15) is 0 Å². The van der Waals surface area contributed by atoms with Crippen LogP contribution in [0.5, 0.6) is 5.75 Å². The number of nitrogens with zero attached hydrogens (tertiary/aromatic N) is 2. The normalized spacial score (nSPS) is 23.7. The molecule has 0 radical (unpaired) electrons. The van der Waals surface area contributed by atoms with E-state index in [0.717, 1.165) is 42.8 Å². The van der Waals surface area contributed by atoms with Gasteiger partial charge in [0, 0.05) is 41.0 Å². The first kappa shape index (κ1) is 33.3. The molecule has 0 aliphatic carbocycles. The summed E-state index contributed by atoms with van der Waals surface area (Å²) in [6, 6.07) is 18.2. The highest BCUT2D eigenvalue weighted by Gasteiger charge is 2.48. The van der Waals surface area contributed by atoms with Gasteiger partial charge in [0.05, 0.1) is 11.3 Å². The highest BCUT2D eigenvalue weighted by Crippen LogP contribution is 2.34. The summed E-state index contributed by atoms with van der Waals surface area (Å²) in [4.78, 5) is 43.2. The Kier molecular flexibility index (Phi) is 10.6. The van der Waals surface area contributed by atoms with Crippen LogP contribution in [-0.4, -0.2) is 107 Å². The standard InChI is InChI=1S/C32H35BrN4O9/c1-36-14-3-15-37(17-16-36)21-12-6-18(7-13-21)29(41)35-24-22(30(42)34-20-10-8-19(33)9-11-20)4-2-5-23(24)45-32-27(40)25(38)26(39)28(46-32)31(43)44/h2,4-13,25-28,32,38-40H,3,14-17H2,1H3,(H,34,42)(H,35,41)(H,43,44)/t25-,26-,27+,28-,32+/m0/s1. The summed E-state index contributed by atoms with van der Waals surface area (Å²) < 4.78 is 11.9. The van der Waals surface area contributed by atoms with Crippen molar-refractivity contribution in [2.75, 3.05) is 48.8 Å². The number of amides is 2. The fourth-order valence-corrected chi connectivity index (χ4v) is 5.53. The van der Waals surface area contributed by atoms with Gasteiger partial charge in [-0.25, -0.2) is 4.79 Å². The molecule has 3 aromatic rings. The van der Waals surface area contributed by atoms with Crippen molar-refractivity contribution in [1.82, 2.24) is 4.90 Å². The fourth-order valence-electron chi connectivity index (χ4n) is 5.27. The molecule has 2 aliphatic rings. The number of aliphatic carboxylic acids is 1. The van der Waals surface area contributed by atoms with Gasteiger partial charge in [0.1, 0.15) is 24.1 Å². The van der Waals surface area contributed by atoms with Gasteiger partial charge in [-0.05, 0) is 80.7 Å². The Morgan fingerprint density at radius 3 is 2.26 bits per heavy atom. The van der Waals surface area contributed by atoms with Crippen LogP contribution in [0, 0.1) is 0 Å². The SMILES string of the molecule is CN1CCCN(c2ccc(C(=O)Nc3c(O[C@@H]4O[C@H](C(=O)O)[C@@H](O)[C@H](O)[C@H]4O)cccc3C(=O)Nc3ccc(Br)cc3)cc2)CC1. The molecule has 2 saturated heterocycles. The number of aliphatic hydroxyl groups excluding tert-OH is 3. The molecule has 0 unspecified atom stereocenters. The Morgan fingerprint density at radius 2 is 1.57 bits per heavy atom. The largest absolute Gasteiger partial charge is 0.479 e. The van der Waals surface area contributed by atoms with Gasteiger partial charge in [0.15, 0.2) is 6.10 Å². The number of likely N-dealkylation sites (N-methyl/N-ethyl adjacent to an activating group) is 1. The van der Waals surface area contributed by atoms with Crippen molar-refractivity contribution in [2.24, 2.45) is 0 Å². The quantitative estimate of drug-likeness (QED) is 0.203. The number of carboxylic acid groups (broad SMARTS) is 1. The maximum Gasteiger partial charge on any atom is 0.335 e. The molecule has 2 fully saturated rings. The Bertz CT molecular complexity index is 1560. The van der Waals surface area contributed by atoms with Crippen LogP contribution in [-0.2, 0) is 9.53 Å². The average Bonchev–Trinajstić information content (AvgIpc) is 3.27. The van der Waals surface area contributed by atoms with E-state index in [-0.39, 0.29) is 17.0 Å². The summed E-state index contributed by atoms with van der Waals surface area (Å²) in [6.45, 7) is 3.68. The van der Waals surface area contributed by atoms with Crippen molar-refractivity contribution in [3.63, 3.8) is 0 Å². The van der Waals surface area contributed by atoms with E-state index < -0.39 is 48.5 Å². The Morgan fingerprint density at radius 1 is 0.848 bits per heavy atom. The topological polar surface area (TPSA) is 181 Å². The summed E-state index contributed by atoms with van der Waals surface area (Å²) >= 11 is 3.35. The number of hydrogen-bond donors (Lipinski definition) is 6. The minimum atomic E-state index is -1.92. The number of hydrogen-bond acceptors (Lipinski definition) is 10. The monoisotopic (exact) mass is 698 g/mol. The highest BCUT2D eigenvalue weighted by molar-refractivity contribution is 9.10. The summed E-state index contributed by atoms with van der Waals surface area (Å²) in [5.74, 6) is -2.91. The van der Waals surface area contributed by atoms with Crippen LogP contribution in [0.3, 0.4) is 0 Å².